The van der Waals surface area contributed by atoms with Gasteiger partial charge in [-0.15, -0.1) is 0 Å². The third-order valence-corrected chi connectivity index (χ3v) is 4.09. The van der Waals surface area contributed by atoms with Crippen molar-refractivity contribution < 1.29 is 27.2 Å². The molecule has 8 heteroatoms. The van der Waals surface area contributed by atoms with Crippen molar-refractivity contribution >= 4 is 16.0 Å². The number of carboxylic acids is 1. The zero-order valence-corrected chi connectivity index (χ0v) is 10.8. The Balaban J connectivity index is 2.23. The van der Waals surface area contributed by atoms with Crippen LogP contribution in [0.2, 0.25) is 0 Å². The first-order valence-electron chi connectivity index (χ1n) is 5.23. The minimum Gasteiger partial charge on any atom is -0.475 e. The van der Waals surface area contributed by atoms with Crippen LogP contribution in [-0.4, -0.2) is 30.8 Å². The molecule has 0 spiro atoms. The van der Waals surface area contributed by atoms with E-state index in [4.69, 9.17) is 13.9 Å². The minimum atomic E-state index is -3.88. The van der Waals surface area contributed by atoms with E-state index in [0.717, 1.165) is 16.4 Å². The second-order valence-electron chi connectivity index (χ2n) is 3.76. The van der Waals surface area contributed by atoms with Gasteiger partial charge in [-0.05, 0) is 24.3 Å². The summed E-state index contributed by atoms with van der Waals surface area (Å²) < 4.78 is 35.0. The predicted octanol–water partition coefficient (Wildman–Crippen LogP) is 1.39. The Hall–Kier alpha value is -2.06. The fraction of sp³-hybridized carbons (Fsp3) is 0.182. The van der Waals surface area contributed by atoms with E-state index in [1.165, 1.54) is 13.3 Å². The summed E-state index contributed by atoms with van der Waals surface area (Å²) in [5.74, 6) is -1.28. The van der Waals surface area contributed by atoms with Crippen molar-refractivity contribution in [3.8, 4) is 0 Å². The first-order chi connectivity index (χ1) is 8.91. The molecule has 0 unspecified atom stereocenters. The molecule has 0 fully saturated rings. The summed E-state index contributed by atoms with van der Waals surface area (Å²) in [5, 5.41) is 8.28. The largest absolute Gasteiger partial charge is 0.475 e. The van der Waals surface area contributed by atoms with Crippen LogP contribution in [0, 0.1) is 0 Å². The summed E-state index contributed by atoms with van der Waals surface area (Å²) in [5.41, 5.74) is 0. The molecule has 0 amide bonds. The van der Waals surface area contributed by atoms with Crippen LogP contribution in [-0.2, 0) is 16.6 Å². The van der Waals surface area contributed by atoms with Crippen LogP contribution in [0.5, 0.6) is 0 Å². The fourth-order valence-corrected chi connectivity index (χ4v) is 2.47. The number of aromatic carboxylic acids is 1. The summed E-state index contributed by atoms with van der Waals surface area (Å²) in [6.45, 7) is 0.0262. The number of carboxylic acid groups (broad SMARTS) is 1. The number of furan rings is 2. The molecule has 102 valence electrons. The van der Waals surface area contributed by atoms with Gasteiger partial charge in [-0.3, -0.25) is 0 Å². The van der Waals surface area contributed by atoms with E-state index in [0.29, 0.717) is 5.76 Å². The molecule has 0 aromatic carbocycles. The third kappa shape index (κ3) is 2.69. The van der Waals surface area contributed by atoms with Gasteiger partial charge in [-0.2, -0.15) is 4.31 Å². The second-order valence-corrected chi connectivity index (χ2v) is 5.74. The molecule has 0 atom stereocenters. The summed E-state index contributed by atoms with van der Waals surface area (Å²) in [7, 11) is -2.54. The van der Waals surface area contributed by atoms with E-state index in [1.807, 2.05) is 0 Å². The van der Waals surface area contributed by atoms with Gasteiger partial charge in [0.1, 0.15) is 5.76 Å². The lowest BCUT2D eigenvalue weighted by Crippen LogP contribution is -2.25. The molecule has 2 aromatic rings. The van der Waals surface area contributed by atoms with E-state index < -0.39 is 26.8 Å². The standard InChI is InChI=1S/C11H11NO6S/c1-12(7-8-3-2-6-17-8)19(15,16)10-5-4-9(18-10)11(13)14/h2-6H,7H2,1H3,(H,13,14). The fourth-order valence-electron chi connectivity index (χ4n) is 1.43. The summed E-state index contributed by atoms with van der Waals surface area (Å²) in [4.78, 5) is 10.7. The number of carbonyl (C=O) groups is 1. The Morgan fingerprint density at radius 1 is 1.37 bits per heavy atom. The first kappa shape index (κ1) is 13.4. The number of hydrogen-bond acceptors (Lipinski definition) is 5. The highest BCUT2D eigenvalue weighted by molar-refractivity contribution is 7.88. The first-order valence-corrected chi connectivity index (χ1v) is 6.67. The van der Waals surface area contributed by atoms with Crippen molar-refractivity contribution in [1.82, 2.24) is 4.31 Å². The minimum absolute atomic E-state index is 0.0262. The highest BCUT2D eigenvalue weighted by Gasteiger charge is 2.26. The van der Waals surface area contributed by atoms with Crippen molar-refractivity contribution in [3.05, 3.63) is 42.0 Å². The Bertz CT molecular complexity index is 670. The zero-order chi connectivity index (χ0) is 14.0. The predicted molar refractivity (Wildman–Crippen MR) is 63.0 cm³/mol. The Morgan fingerprint density at radius 2 is 2.11 bits per heavy atom. The van der Waals surface area contributed by atoms with Crippen molar-refractivity contribution in [1.29, 1.82) is 0 Å². The van der Waals surface area contributed by atoms with Crippen LogP contribution in [0.3, 0.4) is 0 Å². The number of hydrogen-bond donors (Lipinski definition) is 1. The van der Waals surface area contributed by atoms with Gasteiger partial charge in [0.25, 0.3) is 10.0 Å². The zero-order valence-electron chi connectivity index (χ0n) is 9.94. The lowest BCUT2D eigenvalue weighted by Gasteiger charge is -2.13. The Morgan fingerprint density at radius 3 is 2.63 bits per heavy atom. The average Bonchev–Trinajstić information content (AvgIpc) is 2.99. The topological polar surface area (TPSA) is 101 Å². The van der Waals surface area contributed by atoms with Crippen LogP contribution in [0.25, 0.3) is 0 Å². The summed E-state index contributed by atoms with van der Waals surface area (Å²) in [6, 6.07) is 5.48. The summed E-state index contributed by atoms with van der Waals surface area (Å²) in [6.07, 6.45) is 1.44. The lowest BCUT2D eigenvalue weighted by atomic mass is 10.4. The van der Waals surface area contributed by atoms with E-state index in [2.05, 4.69) is 0 Å². The van der Waals surface area contributed by atoms with Crippen molar-refractivity contribution in [2.45, 2.75) is 11.6 Å². The van der Waals surface area contributed by atoms with Crippen LogP contribution >= 0.6 is 0 Å². The van der Waals surface area contributed by atoms with E-state index in [9.17, 15) is 13.2 Å². The monoisotopic (exact) mass is 285 g/mol. The SMILES string of the molecule is CN(Cc1ccco1)S(=O)(=O)c1ccc(C(=O)O)o1. The molecule has 0 saturated heterocycles. The molecule has 2 rings (SSSR count). The molecule has 0 aliphatic heterocycles. The molecular weight excluding hydrogens is 274 g/mol. The van der Waals surface area contributed by atoms with Crippen LogP contribution < -0.4 is 0 Å². The van der Waals surface area contributed by atoms with Gasteiger partial charge in [0, 0.05) is 7.05 Å². The normalized spacial score (nSPS) is 11.9. The van der Waals surface area contributed by atoms with Gasteiger partial charge in [0.05, 0.1) is 12.8 Å². The molecule has 0 saturated carbocycles. The molecule has 0 aliphatic rings. The van der Waals surface area contributed by atoms with E-state index in [1.54, 1.807) is 12.1 Å². The van der Waals surface area contributed by atoms with Gasteiger partial charge in [-0.25, -0.2) is 13.2 Å². The quantitative estimate of drug-likeness (QED) is 0.890. The van der Waals surface area contributed by atoms with Gasteiger partial charge < -0.3 is 13.9 Å². The number of nitrogens with zero attached hydrogens (tertiary/aromatic N) is 1. The second kappa shape index (κ2) is 4.90. The molecule has 0 aliphatic carbocycles. The molecule has 0 radical (unpaired) electrons. The maximum atomic E-state index is 12.1. The highest BCUT2D eigenvalue weighted by atomic mass is 32.2. The van der Waals surface area contributed by atoms with Crippen LogP contribution in [0.15, 0.2) is 44.5 Å². The van der Waals surface area contributed by atoms with Crippen LogP contribution in [0.4, 0.5) is 0 Å². The maximum Gasteiger partial charge on any atom is 0.371 e. The lowest BCUT2D eigenvalue weighted by molar-refractivity contribution is 0.0656. The molecule has 2 heterocycles. The molecule has 7 nitrogen and oxygen atoms in total. The van der Waals surface area contributed by atoms with Gasteiger partial charge in [0.2, 0.25) is 10.9 Å². The third-order valence-electron chi connectivity index (χ3n) is 2.42. The Labute approximate surface area is 109 Å². The molecule has 19 heavy (non-hydrogen) atoms. The maximum absolute atomic E-state index is 12.1. The smallest absolute Gasteiger partial charge is 0.371 e. The summed E-state index contributed by atoms with van der Waals surface area (Å²) >= 11 is 0. The van der Waals surface area contributed by atoms with Gasteiger partial charge in [-0.1, -0.05) is 0 Å². The van der Waals surface area contributed by atoms with Gasteiger partial charge >= 0.3 is 5.97 Å². The Kier molecular flexibility index (Phi) is 3.45. The van der Waals surface area contributed by atoms with Crippen molar-refractivity contribution in [3.63, 3.8) is 0 Å². The number of sulfonamides is 1. The van der Waals surface area contributed by atoms with Crippen molar-refractivity contribution in [2.24, 2.45) is 0 Å². The molecule has 0 bridgehead atoms. The number of rotatable bonds is 5. The molecule has 2 aromatic heterocycles. The molecular formula is C11H11NO6S. The van der Waals surface area contributed by atoms with E-state index in [-0.39, 0.29) is 6.54 Å². The van der Waals surface area contributed by atoms with Crippen molar-refractivity contribution in [2.75, 3.05) is 7.05 Å². The molecule has 1 N–H and O–H groups in total. The van der Waals surface area contributed by atoms with Crippen LogP contribution in [0.1, 0.15) is 16.3 Å². The average molecular weight is 285 g/mol. The highest BCUT2D eigenvalue weighted by Crippen LogP contribution is 2.19. The van der Waals surface area contributed by atoms with E-state index >= 15 is 0 Å². The van der Waals surface area contributed by atoms with Gasteiger partial charge in [0.15, 0.2) is 0 Å².